The second kappa shape index (κ2) is 8.55. The molecule has 178 valence electrons. The maximum absolute atomic E-state index is 15.0. The summed E-state index contributed by atoms with van der Waals surface area (Å²) in [5.74, 6) is -2.16. The fourth-order valence-corrected chi connectivity index (χ4v) is 4.46. The van der Waals surface area contributed by atoms with E-state index in [0.717, 1.165) is 22.6 Å². The van der Waals surface area contributed by atoms with Gasteiger partial charge in [-0.25, -0.2) is 18.5 Å². The highest BCUT2D eigenvalue weighted by molar-refractivity contribution is 6.16. The minimum absolute atomic E-state index is 0.115. The van der Waals surface area contributed by atoms with Crippen molar-refractivity contribution in [1.82, 2.24) is 10.2 Å². The molecule has 2 aromatic rings. The van der Waals surface area contributed by atoms with Gasteiger partial charge in [0.05, 0.1) is 0 Å². The van der Waals surface area contributed by atoms with Crippen molar-refractivity contribution in [3.63, 3.8) is 0 Å². The molecule has 0 saturated carbocycles. The molecule has 4 rings (SSSR count). The van der Waals surface area contributed by atoms with Crippen LogP contribution in [0, 0.1) is 11.6 Å². The maximum Gasteiger partial charge on any atom is 0.329 e. The molecule has 2 heterocycles. The van der Waals surface area contributed by atoms with Crippen molar-refractivity contribution >= 4 is 35.3 Å². The quantitative estimate of drug-likeness (QED) is 0.520. The number of nitrogens with zero attached hydrogens (tertiary/aromatic N) is 2. The number of carbonyl (C=O) groups is 3. The highest BCUT2D eigenvalue weighted by atomic mass is 19.1. The molecule has 2 N–H and O–H groups in total. The van der Waals surface area contributed by atoms with Crippen LogP contribution in [-0.4, -0.2) is 41.9 Å². The largest absolute Gasteiger partial charge is 0.369 e. The Morgan fingerprint density at radius 1 is 1.21 bits per heavy atom. The van der Waals surface area contributed by atoms with Crippen LogP contribution < -0.4 is 15.5 Å². The number of halogens is 2. The Kier molecular flexibility index (Phi) is 5.89. The zero-order valence-electron chi connectivity index (χ0n) is 19.4. The summed E-state index contributed by atoms with van der Waals surface area (Å²) < 4.78 is 28.0. The number of hydrogen-bond acceptors (Lipinski definition) is 4. The van der Waals surface area contributed by atoms with Gasteiger partial charge in [0.25, 0.3) is 5.91 Å². The molecule has 1 fully saturated rings. The molecule has 0 aromatic heterocycles. The van der Waals surface area contributed by atoms with Crippen molar-refractivity contribution in [3.05, 3.63) is 64.9 Å². The number of nitrogens with one attached hydrogen (secondary N) is 2. The number of anilines is 2. The number of hydrogen-bond donors (Lipinski definition) is 2. The van der Waals surface area contributed by atoms with E-state index in [1.807, 2.05) is 11.9 Å². The fourth-order valence-electron chi connectivity index (χ4n) is 4.46. The van der Waals surface area contributed by atoms with Crippen LogP contribution in [0.2, 0.25) is 0 Å². The van der Waals surface area contributed by atoms with E-state index < -0.39 is 36.0 Å². The van der Waals surface area contributed by atoms with Crippen LogP contribution in [0.1, 0.15) is 44.2 Å². The summed E-state index contributed by atoms with van der Waals surface area (Å²) >= 11 is 0. The molecule has 9 heteroatoms. The number of urea groups is 1. The lowest BCUT2D eigenvalue weighted by molar-refractivity contribution is -0.127. The van der Waals surface area contributed by atoms with Crippen LogP contribution in [0.4, 0.5) is 25.0 Å². The third kappa shape index (κ3) is 4.37. The predicted octanol–water partition coefficient (Wildman–Crippen LogP) is 4.22. The van der Waals surface area contributed by atoms with Crippen LogP contribution >= 0.6 is 0 Å². The van der Waals surface area contributed by atoms with Crippen LogP contribution in [0.5, 0.6) is 0 Å². The van der Waals surface area contributed by atoms with Gasteiger partial charge in [-0.3, -0.25) is 9.59 Å². The van der Waals surface area contributed by atoms with Gasteiger partial charge in [-0.15, -0.1) is 0 Å². The zero-order valence-corrected chi connectivity index (χ0v) is 19.4. The molecule has 0 aliphatic carbocycles. The van der Waals surface area contributed by atoms with Gasteiger partial charge >= 0.3 is 6.03 Å². The molecule has 2 aliphatic rings. The molecule has 7 nitrogen and oxygen atoms in total. The number of benzene rings is 2. The summed E-state index contributed by atoms with van der Waals surface area (Å²) in [6, 6.07) is 7.46. The van der Waals surface area contributed by atoms with Crippen molar-refractivity contribution in [1.29, 1.82) is 0 Å². The molecule has 2 aromatic carbocycles. The number of imide groups is 1. The summed E-state index contributed by atoms with van der Waals surface area (Å²) in [7, 11) is 1.93. The first kappa shape index (κ1) is 23.4. The summed E-state index contributed by atoms with van der Waals surface area (Å²) in [5, 5.41) is 4.91. The molecule has 0 radical (unpaired) electrons. The SMILES string of the molecule is CC1CC(C)(C)N(C)c2cc(F)c(/C=C3/NC(=O)N(CC(=O)Nc4ccc(F)cc4)C3=O)cc21. The first-order valence-electron chi connectivity index (χ1n) is 10.9. The fraction of sp³-hybridized carbons (Fsp3) is 0.320. The molecular weight excluding hydrogens is 442 g/mol. The number of fused-ring (bicyclic) bond motifs is 1. The van der Waals surface area contributed by atoms with E-state index >= 15 is 0 Å². The average Bonchev–Trinajstić information content (AvgIpc) is 3.02. The van der Waals surface area contributed by atoms with E-state index in [-0.39, 0.29) is 22.7 Å². The molecule has 0 bridgehead atoms. The topological polar surface area (TPSA) is 81.8 Å². The third-order valence-corrected chi connectivity index (χ3v) is 6.44. The lowest BCUT2D eigenvalue weighted by Crippen LogP contribution is -2.45. The molecular formula is C25H26F2N4O3. The van der Waals surface area contributed by atoms with Gasteiger partial charge in [-0.05, 0) is 74.2 Å². The van der Waals surface area contributed by atoms with Crippen LogP contribution in [0.15, 0.2) is 42.1 Å². The Labute approximate surface area is 196 Å². The summed E-state index contributed by atoms with van der Waals surface area (Å²) in [6.45, 7) is 5.75. The van der Waals surface area contributed by atoms with Gasteiger partial charge < -0.3 is 15.5 Å². The van der Waals surface area contributed by atoms with Crippen molar-refractivity contribution in [2.24, 2.45) is 0 Å². The Balaban J connectivity index is 1.54. The second-order valence-corrected chi connectivity index (χ2v) is 9.34. The van der Waals surface area contributed by atoms with Crippen molar-refractivity contribution in [3.8, 4) is 0 Å². The third-order valence-electron chi connectivity index (χ3n) is 6.44. The predicted molar refractivity (Wildman–Crippen MR) is 125 cm³/mol. The highest BCUT2D eigenvalue weighted by Crippen LogP contribution is 2.43. The maximum atomic E-state index is 15.0. The van der Waals surface area contributed by atoms with Gasteiger partial charge in [0, 0.05) is 29.5 Å². The molecule has 4 amide bonds. The molecule has 34 heavy (non-hydrogen) atoms. The standard InChI is InChI=1S/C25H26F2N4O3/c1-14-12-25(2,3)30(4)21-11-19(27)15(9-18(14)21)10-20-23(33)31(24(34)29-20)13-22(32)28-17-7-5-16(26)6-8-17/h5-11,14H,12-13H2,1-4H3,(H,28,32)(H,29,34)/b20-10+. The minimum atomic E-state index is -0.779. The van der Waals surface area contributed by atoms with Gasteiger partial charge in [-0.2, -0.15) is 0 Å². The van der Waals surface area contributed by atoms with Gasteiger partial charge in [0.2, 0.25) is 5.91 Å². The number of rotatable bonds is 4. The molecule has 1 saturated heterocycles. The minimum Gasteiger partial charge on any atom is -0.369 e. The van der Waals surface area contributed by atoms with E-state index in [2.05, 4.69) is 31.4 Å². The number of carbonyl (C=O) groups excluding carboxylic acids is 3. The van der Waals surface area contributed by atoms with Gasteiger partial charge in [0.15, 0.2) is 0 Å². The zero-order chi connectivity index (χ0) is 24.8. The molecule has 0 spiro atoms. The normalized spacial score (nSPS) is 20.4. The molecule has 1 unspecified atom stereocenters. The lowest BCUT2D eigenvalue weighted by Gasteiger charge is -2.45. The van der Waals surface area contributed by atoms with Crippen molar-refractivity contribution in [2.45, 2.75) is 38.6 Å². The second-order valence-electron chi connectivity index (χ2n) is 9.34. The summed E-state index contributed by atoms with van der Waals surface area (Å²) in [4.78, 5) is 40.2. The van der Waals surface area contributed by atoms with E-state index in [9.17, 15) is 23.2 Å². The van der Waals surface area contributed by atoms with Crippen molar-refractivity contribution in [2.75, 3.05) is 23.8 Å². The first-order chi connectivity index (χ1) is 16.0. The smallest absolute Gasteiger partial charge is 0.329 e. The Bertz CT molecular complexity index is 1210. The highest BCUT2D eigenvalue weighted by Gasteiger charge is 2.37. The Hall–Kier alpha value is -3.75. The van der Waals surface area contributed by atoms with E-state index in [0.29, 0.717) is 5.69 Å². The van der Waals surface area contributed by atoms with Crippen LogP contribution in [0.3, 0.4) is 0 Å². The van der Waals surface area contributed by atoms with Gasteiger partial charge in [0.1, 0.15) is 23.9 Å². The Morgan fingerprint density at radius 2 is 1.88 bits per heavy atom. The van der Waals surface area contributed by atoms with Crippen molar-refractivity contribution < 1.29 is 23.2 Å². The number of amides is 4. The monoisotopic (exact) mass is 468 g/mol. The Morgan fingerprint density at radius 3 is 2.56 bits per heavy atom. The lowest BCUT2D eigenvalue weighted by atomic mass is 9.80. The van der Waals surface area contributed by atoms with Gasteiger partial charge in [-0.1, -0.05) is 6.92 Å². The van der Waals surface area contributed by atoms with Crippen LogP contribution in [0.25, 0.3) is 6.08 Å². The van der Waals surface area contributed by atoms with Crippen LogP contribution in [-0.2, 0) is 9.59 Å². The summed E-state index contributed by atoms with van der Waals surface area (Å²) in [5.41, 5.74) is 2.03. The van der Waals surface area contributed by atoms with E-state index in [4.69, 9.17) is 0 Å². The average molecular weight is 469 g/mol. The van der Waals surface area contributed by atoms with E-state index in [1.165, 1.54) is 36.4 Å². The first-order valence-corrected chi connectivity index (χ1v) is 10.9. The molecule has 2 aliphatic heterocycles. The summed E-state index contributed by atoms with van der Waals surface area (Å²) in [6.07, 6.45) is 2.17. The molecule has 1 atom stereocenters. The van der Waals surface area contributed by atoms with E-state index in [1.54, 1.807) is 6.07 Å².